The van der Waals surface area contributed by atoms with E-state index in [1.54, 1.807) is 0 Å². The predicted molar refractivity (Wildman–Crippen MR) is 50.5 cm³/mol. The molecule has 0 bridgehead atoms. The van der Waals surface area contributed by atoms with E-state index in [0.29, 0.717) is 6.61 Å². The van der Waals surface area contributed by atoms with Gasteiger partial charge in [-0.05, 0) is 13.3 Å². The van der Waals surface area contributed by atoms with Crippen LogP contribution in [0.25, 0.3) is 0 Å². The van der Waals surface area contributed by atoms with Gasteiger partial charge >= 0.3 is 0 Å². The fourth-order valence-corrected chi connectivity index (χ4v) is 1.82. The smallest absolute Gasteiger partial charge is 0.168 e. The van der Waals surface area contributed by atoms with Gasteiger partial charge in [0.1, 0.15) is 0 Å². The Morgan fingerprint density at radius 1 is 1.46 bits per heavy atom. The monoisotopic (exact) mass is 188 g/mol. The van der Waals surface area contributed by atoms with Crippen molar-refractivity contribution in [2.24, 2.45) is 0 Å². The fourth-order valence-electron chi connectivity index (χ4n) is 1.82. The molecule has 2 atom stereocenters. The normalized spacial score (nSPS) is 33.9. The molecule has 1 rings (SSSR count). The topological polar surface area (TPSA) is 38.7 Å². The predicted octanol–water partition coefficient (Wildman–Crippen LogP) is 1.69. The van der Waals surface area contributed by atoms with Gasteiger partial charge in [-0.25, -0.2) is 0 Å². The van der Waals surface area contributed by atoms with E-state index in [1.807, 2.05) is 6.92 Å². The van der Waals surface area contributed by atoms with Crippen molar-refractivity contribution < 1.29 is 14.6 Å². The second-order valence-corrected chi connectivity index (χ2v) is 3.73. The molecule has 1 fully saturated rings. The van der Waals surface area contributed by atoms with Crippen LogP contribution in [0, 0.1) is 0 Å². The van der Waals surface area contributed by atoms with Gasteiger partial charge in [-0.3, -0.25) is 0 Å². The Labute approximate surface area is 80.0 Å². The molecule has 0 radical (unpaired) electrons. The lowest BCUT2D eigenvalue weighted by molar-refractivity contribution is -0.177. The van der Waals surface area contributed by atoms with Gasteiger partial charge in [0.05, 0.1) is 12.7 Å². The lowest BCUT2D eigenvalue weighted by Gasteiger charge is -2.27. The van der Waals surface area contributed by atoms with E-state index < -0.39 is 5.79 Å². The molecule has 0 aromatic heterocycles. The van der Waals surface area contributed by atoms with Crippen LogP contribution in [0.15, 0.2) is 0 Å². The van der Waals surface area contributed by atoms with E-state index in [0.717, 1.165) is 25.7 Å². The van der Waals surface area contributed by atoms with Crippen molar-refractivity contribution in [3.05, 3.63) is 0 Å². The molecule has 1 saturated heterocycles. The van der Waals surface area contributed by atoms with E-state index in [9.17, 15) is 0 Å². The molecule has 0 aromatic carbocycles. The molecule has 1 aliphatic rings. The van der Waals surface area contributed by atoms with Crippen molar-refractivity contribution in [2.75, 3.05) is 13.2 Å². The van der Waals surface area contributed by atoms with Gasteiger partial charge in [0.2, 0.25) is 0 Å². The summed E-state index contributed by atoms with van der Waals surface area (Å²) in [7, 11) is 0. The van der Waals surface area contributed by atoms with E-state index in [4.69, 9.17) is 14.6 Å². The highest BCUT2D eigenvalue weighted by Gasteiger charge is 2.38. The SMILES string of the molecule is CCCC1(CCCO)OCC(C)O1. The highest BCUT2D eigenvalue weighted by Crippen LogP contribution is 2.32. The first-order chi connectivity index (χ1) is 6.22. The van der Waals surface area contributed by atoms with Gasteiger partial charge < -0.3 is 14.6 Å². The summed E-state index contributed by atoms with van der Waals surface area (Å²) in [5.74, 6) is -0.392. The largest absolute Gasteiger partial charge is 0.396 e. The number of hydrogen-bond acceptors (Lipinski definition) is 3. The second-order valence-electron chi connectivity index (χ2n) is 3.73. The van der Waals surface area contributed by atoms with E-state index in [2.05, 4.69) is 6.92 Å². The molecule has 1 heterocycles. The van der Waals surface area contributed by atoms with Crippen LogP contribution in [0.2, 0.25) is 0 Å². The van der Waals surface area contributed by atoms with Crippen LogP contribution in [0.3, 0.4) is 0 Å². The molecule has 3 heteroatoms. The molecule has 1 aliphatic heterocycles. The molecule has 0 spiro atoms. The van der Waals surface area contributed by atoms with Crippen molar-refractivity contribution in [3.63, 3.8) is 0 Å². The Morgan fingerprint density at radius 2 is 2.23 bits per heavy atom. The molecular formula is C10H20O3. The average Bonchev–Trinajstić information content (AvgIpc) is 2.46. The summed E-state index contributed by atoms with van der Waals surface area (Å²) in [5.41, 5.74) is 0. The Morgan fingerprint density at radius 3 is 2.69 bits per heavy atom. The first-order valence-electron chi connectivity index (χ1n) is 5.15. The van der Waals surface area contributed by atoms with Gasteiger partial charge in [0.15, 0.2) is 5.79 Å². The van der Waals surface area contributed by atoms with Crippen molar-refractivity contribution in [3.8, 4) is 0 Å². The van der Waals surface area contributed by atoms with Crippen molar-refractivity contribution >= 4 is 0 Å². The zero-order valence-electron chi connectivity index (χ0n) is 8.58. The molecule has 13 heavy (non-hydrogen) atoms. The third-order valence-electron chi connectivity index (χ3n) is 2.34. The van der Waals surface area contributed by atoms with Crippen LogP contribution in [-0.4, -0.2) is 30.2 Å². The van der Waals surface area contributed by atoms with Crippen LogP contribution in [-0.2, 0) is 9.47 Å². The number of ether oxygens (including phenoxy) is 2. The fraction of sp³-hybridized carbons (Fsp3) is 1.00. The van der Waals surface area contributed by atoms with E-state index >= 15 is 0 Å². The third kappa shape index (κ3) is 2.93. The van der Waals surface area contributed by atoms with Gasteiger partial charge in [-0.2, -0.15) is 0 Å². The average molecular weight is 188 g/mol. The first-order valence-corrected chi connectivity index (χ1v) is 5.15. The summed E-state index contributed by atoms with van der Waals surface area (Å²) in [5, 5.41) is 8.76. The summed E-state index contributed by atoms with van der Waals surface area (Å²) in [4.78, 5) is 0. The molecule has 0 saturated carbocycles. The van der Waals surface area contributed by atoms with Gasteiger partial charge in [-0.15, -0.1) is 0 Å². The van der Waals surface area contributed by atoms with Crippen LogP contribution < -0.4 is 0 Å². The molecule has 0 aromatic rings. The van der Waals surface area contributed by atoms with Crippen molar-refractivity contribution in [1.29, 1.82) is 0 Å². The van der Waals surface area contributed by atoms with Crippen molar-refractivity contribution in [1.82, 2.24) is 0 Å². The van der Waals surface area contributed by atoms with E-state index in [-0.39, 0.29) is 12.7 Å². The molecule has 78 valence electrons. The molecule has 0 amide bonds. The third-order valence-corrected chi connectivity index (χ3v) is 2.34. The number of aliphatic hydroxyl groups is 1. The maximum atomic E-state index is 8.76. The Bertz CT molecular complexity index is 145. The van der Waals surface area contributed by atoms with Crippen LogP contribution in [0.4, 0.5) is 0 Å². The molecular weight excluding hydrogens is 168 g/mol. The van der Waals surface area contributed by atoms with Crippen LogP contribution in [0.5, 0.6) is 0 Å². The van der Waals surface area contributed by atoms with Crippen LogP contribution in [0.1, 0.15) is 39.5 Å². The highest BCUT2D eigenvalue weighted by atomic mass is 16.7. The molecule has 2 unspecified atom stereocenters. The first kappa shape index (κ1) is 11.0. The minimum atomic E-state index is -0.392. The zero-order chi connectivity index (χ0) is 9.73. The lowest BCUT2D eigenvalue weighted by Crippen LogP contribution is -2.30. The van der Waals surface area contributed by atoms with E-state index in [1.165, 1.54) is 0 Å². The summed E-state index contributed by atoms with van der Waals surface area (Å²) in [6.07, 6.45) is 3.74. The zero-order valence-corrected chi connectivity index (χ0v) is 8.58. The number of hydrogen-bond donors (Lipinski definition) is 1. The summed E-state index contributed by atoms with van der Waals surface area (Å²) < 4.78 is 11.4. The Balaban J connectivity index is 2.44. The second kappa shape index (κ2) is 4.94. The number of aliphatic hydroxyl groups excluding tert-OH is 1. The molecule has 1 N–H and O–H groups in total. The summed E-state index contributed by atoms with van der Waals surface area (Å²) in [6.45, 7) is 5.05. The molecule has 3 nitrogen and oxygen atoms in total. The standard InChI is InChI=1S/C10H20O3/c1-3-5-10(6-4-7-11)12-8-9(2)13-10/h9,11H,3-8H2,1-2H3. The minimum absolute atomic E-state index is 0.199. The Kier molecular flexibility index (Phi) is 4.16. The highest BCUT2D eigenvalue weighted by molar-refractivity contribution is 4.76. The van der Waals surface area contributed by atoms with Crippen molar-refractivity contribution in [2.45, 2.75) is 51.4 Å². The van der Waals surface area contributed by atoms with Gasteiger partial charge in [0.25, 0.3) is 0 Å². The summed E-state index contributed by atoms with van der Waals surface area (Å²) >= 11 is 0. The quantitative estimate of drug-likeness (QED) is 0.713. The lowest BCUT2D eigenvalue weighted by atomic mass is 10.1. The maximum Gasteiger partial charge on any atom is 0.168 e. The van der Waals surface area contributed by atoms with Gasteiger partial charge in [-0.1, -0.05) is 13.3 Å². The maximum absolute atomic E-state index is 8.76. The molecule has 0 aliphatic carbocycles. The summed E-state index contributed by atoms with van der Waals surface area (Å²) in [6, 6.07) is 0. The van der Waals surface area contributed by atoms with Gasteiger partial charge in [0, 0.05) is 19.4 Å². The number of rotatable bonds is 5. The minimum Gasteiger partial charge on any atom is -0.396 e. The van der Waals surface area contributed by atoms with Crippen LogP contribution >= 0.6 is 0 Å². The Hall–Kier alpha value is -0.120.